The molecule has 0 spiro atoms. The van der Waals surface area contributed by atoms with E-state index < -0.39 is 11.9 Å². The first-order valence-electron chi connectivity index (χ1n) is 14.8. The predicted octanol–water partition coefficient (Wildman–Crippen LogP) is 8.27. The van der Waals surface area contributed by atoms with Crippen LogP contribution in [0.1, 0.15) is 33.4 Å². The van der Waals surface area contributed by atoms with Crippen LogP contribution in [0.3, 0.4) is 0 Å². The van der Waals surface area contributed by atoms with Crippen molar-refractivity contribution in [3.05, 3.63) is 167 Å². The molecule has 0 aliphatic carbocycles. The summed E-state index contributed by atoms with van der Waals surface area (Å²) in [6.07, 6.45) is 3.56. The van der Waals surface area contributed by atoms with Crippen molar-refractivity contribution in [1.82, 2.24) is 0 Å². The van der Waals surface area contributed by atoms with Crippen LogP contribution >= 0.6 is 0 Å². The first kappa shape index (κ1) is 31.5. The quantitative estimate of drug-likeness (QED) is 0.0805. The van der Waals surface area contributed by atoms with E-state index in [-0.39, 0.29) is 13.2 Å². The maximum atomic E-state index is 13.3. The lowest BCUT2D eigenvalue weighted by molar-refractivity contribution is -0.138. The number of para-hydroxylation sites is 2. The molecule has 5 aromatic carbocycles. The lowest BCUT2D eigenvalue weighted by Gasteiger charge is -2.12. The van der Waals surface area contributed by atoms with Gasteiger partial charge in [-0.05, 0) is 46.5 Å². The average Bonchev–Trinajstić information content (AvgIpc) is 3.12. The van der Waals surface area contributed by atoms with Gasteiger partial charge in [0, 0.05) is 11.1 Å². The van der Waals surface area contributed by atoms with Crippen LogP contribution in [0.2, 0.25) is 0 Å². The van der Waals surface area contributed by atoms with Crippen LogP contribution in [0.4, 0.5) is 0 Å². The molecule has 6 nitrogen and oxygen atoms in total. The van der Waals surface area contributed by atoms with E-state index in [0.717, 1.165) is 33.4 Å². The second kappa shape index (κ2) is 15.7. The highest BCUT2D eigenvalue weighted by Gasteiger charge is 2.17. The minimum absolute atomic E-state index is 0.0782. The van der Waals surface area contributed by atoms with Crippen molar-refractivity contribution >= 4 is 35.2 Å². The summed E-state index contributed by atoms with van der Waals surface area (Å²) in [6, 6.07) is 41.2. The molecule has 230 valence electrons. The van der Waals surface area contributed by atoms with Crippen molar-refractivity contribution in [3.63, 3.8) is 0 Å². The van der Waals surface area contributed by atoms with Gasteiger partial charge in [-0.1, -0.05) is 121 Å². The molecule has 0 saturated heterocycles. The highest BCUT2D eigenvalue weighted by molar-refractivity contribution is 6.22. The molecule has 0 bridgehead atoms. The molecule has 0 saturated carbocycles. The molecule has 5 rings (SSSR count). The molecule has 0 unspecified atom stereocenters. The van der Waals surface area contributed by atoms with Gasteiger partial charge in [0.05, 0.1) is 25.4 Å². The number of methoxy groups -OCH3 is 2. The van der Waals surface area contributed by atoms with Crippen molar-refractivity contribution < 1.29 is 28.5 Å². The van der Waals surface area contributed by atoms with E-state index in [1.165, 1.54) is 0 Å². The summed E-state index contributed by atoms with van der Waals surface area (Å²) in [6.45, 7) is 0.156. The van der Waals surface area contributed by atoms with Crippen LogP contribution in [-0.2, 0) is 32.3 Å². The van der Waals surface area contributed by atoms with Crippen LogP contribution in [-0.4, -0.2) is 26.2 Å². The monoisotopic (exact) mass is 610 g/mol. The number of hydrogen-bond donors (Lipinski definition) is 0. The highest BCUT2D eigenvalue weighted by Crippen LogP contribution is 2.27. The maximum absolute atomic E-state index is 13.3. The molecule has 0 aliphatic rings. The topological polar surface area (TPSA) is 71.1 Å². The third-order valence-corrected chi connectivity index (χ3v) is 7.25. The third kappa shape index (κ3) is 8.18. The maximum Gasteiger partial charge on any atom is 0.339 e. The Kier molecular flexibility index (Phi) is 10.8. The summed E-state index contributed by atoms with van der Waals surface area (Å²) >= 11 is 0. The van der Waals surface area contributed by atoms with E-state index in [9.17, 15) is 9.59 Å². The minimum Gasteiger partial charge on any atom is -0.496 e. The van der Waals surface area contributed by atoms with Gasteiger partial charge in [0.25, 0.3) is 0 Å². The first-order chi connectivity index (χ1) is 22.6. The summed E-state index contributed by atoms with van der Waals surface area (Å²) in [5, 5.41) is 0. The number of esters is 2. The zero-order valence-corrected chi connectivity index (χ0v) is 25.7. The number of benzene rings is 5. The minimum atomic E-state index is -0.453. The fourth-order valence-electron chi connectivity index (χ4n) is 4.82. The summed E-state index contributed by atoms with van der Waals surface area (Å²) in [4.78, 5) is 26.6. The molecule has 0 atom stereocenters. The highest BCUT2D eigenvalue weighted by atomic mass is 16.5. The molecule has 46 heavy (non-hydrogen) atoms. The molecule has 0 radical (unpaired) electrons. The van der Waals surface area contributed by atoms with Crippen LogP contribution in [0.5, 0.6) is 11.5 Å². The normalized spacial score (nSPS) is 11.4. The Morgan fingerprint density at radius 2 is 0.826 bits per heavy atom. The average molecular weight is 611 g/mol. The smallest absolute Gasteiger partial charge is 0.339 e. The second-order valence-corrected chi connectivity index (χ2v) is 10.3. The van der Waals surface area contributed by atoms with Gasteiger partial charge in [0.1, 0.15) is 24.7 Å². The molecule has 0 N–H and O–H groups in total. The number of ether oxygens (including phenoxy) is 4. The Hall–Kier alpha value is -5.88. The van der Waals surface area contributed by atoms with Crippen LogP contribution in [0.25, 0.3) is 23.3 Å². The van der Waals surface area contributed by atoms with Gasteiger partial charge in [-0.15, -0.1) is 0 Å². The molecule has 0 heterocycles. The molecule has 0 aliphatic heterocycles. The third-order valence-electron chi connectivity index (χ3n) is 7.25. The Bertz CT molecular complexity index is 1690. The predicted molar refractivity (Wildman–Crippen MR) is 181 cm³/mol. The van der Waals surface area contributed by atoms with E-state index in [4.69, 9.17) is 18.9 Å². The van der Waals surface area contributed by atoms with Crippen molar-refractivity contribution in [2.75, 3.05) is 14.2 Å². The van der Waals surface area contributed by atoms with E-state index in [0.29, 0.717) is 22.6 Å². The van der Waals surface area contributed by atoms with Crippen LogP contribution < -0.4 is 9.47 Å². The van der Waals surface area contributed by atoms with E-state index in [1.807, 2.05) is 133 Å². The van der Waals surface area contributed by atoms with Crippen molar-refractivity contribution in [2.45, 2.75) is 13.2 Å². The van der Waals surface area contributed by atoms with Gasteiger partial charge < -0.3 is 18.9 Å². The molecule has 0 fully saturated rings. The number of carbonyl (C=O) groups excluding carboxylic acids is 2. The van der Waals surface area contributed by atoms with Crippen molar-refractivity contribution in [1.29, 1.82) is 0 Å². The largest absolute Gasteiger partial charge is 0.496 e. The van der Waals surface area contributed by atoms with Gasteiger partial charge in [-0.3, -0.25) is 0 Å². The second-order valence-electron chi connectivity index (χ2n) is 10.3. The van der Waals surface area contributed by atoms with Crippen molar-refractivity contribution in [2.24, 2.45) is 0 Å². The zero-order chi connectivity index (χ0) is 32.1. The lowest BCUT2D eigenvalue weighted by Crippen LogP contribution is -2.08. The fourth-order valence-corrected chi connectivity index (χ4v) is 4.82. The Balaban J connectivity index is 1.25. The van der Waals surface area contributed by atoms with Gasteiger partial charge in [-0.25, -0.2) is 9.59 Å². The lowest BCUT2D eigenvalue weighted by atomic mass is 10.0. The van der Waals surface area contributed by atoms with Gasteiger partial charge in [0.2, 0.25) is 0 Å². The van der Waals surface area contributed by atoms with Crippen molar-refractivity contribution in [3.8, 4) is 11.5 Å². The summed E-state index contributed by atoms with van der Waals surface area (Å²) in [5.41, 5.74) is 5.47. The van der Waals surface area contributed by atoms with Crippen LogP contribution in [0.15, 0.2) is 133 Å². The number of carbonyl (C=O) groups is 2. The Morgan fingerprint density at radius 1 is 0.478 bits per heavy atom. The molecule has 0 amide bonds. The first-order valence-corrected chi connectivity index (χ1v) is 14.8. The van der Waals surface area contributed by atoms with Crippen LogP contribution in [0, 0.1) is 0 Å². The van der Waals surface area contributed by atoms with E-state index in [2.05, 4.69) is 0 Å². The zero-order valence-electron chi connectivity index (χ0n) is 25.7. The van der Waals surface area contributed by atoms with E-state index >= 15 is 0 Å². The number of hydrogen-bond acceptors (Lipinski definition) is 6. The molecule has 6 heteroatoms. The summed E-state index contributed by atoms with van der Waals surface area (Å²) in [7, 11) is 3.19. The molecule has 5 aromatic rings. The summed E-state index contributed by atoms with van der Waals surface area (Å²) < 4.78 is 22.4. The SMILES string of the molecule is COc1ccccc1/C=C(/C(=O)OCc1ccc(COC(=O)/C(=C/c2ccccc2OC)c2ccccc2)cc1)c1ccccc1. The van der Waals surface area contributed by atoms with E-state index in [1.54, 1.807) is 26.4 Å². The van der Waals surface area contributed by atoms with Gasteiger partial charge in [0.15, 0.2) is 0 Å². The molecular formula is C40H34O6. The van der Waals surface area contributed by atoms with Gasteiger partial charge >= 0.3 is 11.9 Å². The fraction of sp³-hybridized carbons (Fsp3) is 0.100. The molecule has 0 aromatic heterocycles. The summed E-state index contributed by atoms with van der Waals surface area (Å²) in [5.74, 6) is 0.410. The Morgan fingerprint density at radius 3 is 1.20 bits per heavy atom. The number of rotatable bonds is 12. The van der Waals surface area contributed by atoms with Gasteiger partial charge in [-0.2, -0.15) is 0 Å². The Labute approximate surface area is 269 Å². The standard InChI is InChI=1S/C40H34O6/c1-43-37-19-11-9-17-33(37)25-35(31-13-5-3-6-14-31)39(41)45-27-29-21-23-30(24-22-29)28-46-40(42)36(32-15-7-4-8-16-32)26-34-18-10-12-20-38(34)44-2/h3-26H,27-28H2,1-2H3/b35-25+,36-26+. The molecular weight excluding hydrogens is 576 g/mol.